The smallest absolute Gasteiger partial charge is 0.239 e. The number of aromatic nitrogens is 15. The van der Waals surface area contributed by atoms with Gasteiger partial charge in [-0.2, -0.15) is 28.0 Å². The fourth-order valence-corrected chi connectivity index (χ4v) is 25.1. The van der Waals surface area contributed by atoms with Gasteiger partial charge >= 0.3 is 0 Å². The van der Waals surface area contributed by atoms with Crippen LogP contribution in [0.1, 0.15) is 139 Å². The van der Waals surface area contributed by atoms with Crippen molar-refractivity contribution in [1.82, 2.24) is 72.9 Å². The maximum Gasteiger partial charge on any atom is 0.239 e. The lowest BCUT2D eigenvalue weighted by Gasteiger charge is -2.19. The molecule has 5 fully saturated rings. The molecule has 10 aromatic heterocycles. The number of hydrogen-bond donors (Lipinski definition) is 8. The summed E-state index contributed by atoms with van der Waals surface area (Å²) in [6.45, 7) is -0.701. The topological polar surface area (TPSA) is 443 Å². The van der Waals surface area contributed by atoms with Gasteiger partial charge in [0, 0.05) is 132 Å². The highest BCUT2D eigenvalue weighted by Crippen LogP contribution is 2.50. The van der Waals surface area contributed by atoms with Crippen molar-refractivity contribution >= 4 is 224 Å². The summed E-state index contributed by atoms with van der Waals surface area (Å²) in [4.78, 5) is 25.4. The average molecular weight is 2480 g/mol. The van der Waals surface area contributed by atoms with E-state index in [0.717, 1.165) is 12.6 Å². The van der Waals surface area contributed by atoms with Gasteiger partial charge in [0.2, 0.25) is 62.0 Å². The van der Waals surface area contributed by atoms with E-state index >= 15 is 4.39 Å². The lowest BCUT2D eigenvalue weighted by Crippen LogP contribution is -2.31. The van der Waals surface area contributed by atoms with Crippen LogP contribution < -0.4 is 23.6 Å². The third-order valence-corrected chi connectivity index (χ3v) is 37.5. The number of aliphatic hydroxyl groups is 3. The Hall–Kier alpha value is -9.22. The second kappa shape index (κ2) is 41.0. The van der Waals surface area contributed by atoms with Crippen LogP contribution in [0.25, 0.3) is 33.8 Å². The van der Waals surface area contributed by atoms with Crippen LogP contribution >= 0.6 is 111 Å². The molecule has 5 aromatic carbocycles. The number of aryl methyl sites for hydroxylation is 1. The molecule has 0 saturated heterocycles. The molecule has 0 atom stereocenters. The van der Waals surface area contributed by atoms with E-state index in [-0.39, 0.29) is 150 Å². The first-order chi connectivity index (χ1) is 65.5. The van der Waals surface area contributed by atoms with Gasteiger partial charge in [-0.05, 0) is 252 Å². The Kier molecular flexibility index (Phi) is 30.2. The monoisotopic (exact) mass is 2480 g/mol. The number of halogens is 13. The van der Waals surface area contributed by atoms with Crippen LogP contribution in [0.15, 0.2) is 168 Å². The Bertz CT molecular complexity index is 7880. The number of rotatable bonds is 31. The highest BCUT2D eigenvalue weighted by molar-refractivity contribution is 14.1. The van der Waals surface area contributed by atoms with Crippen molar-refractivity contribution in [3.05, 3.63) is 280 Å². The van der Waals surface area contributed by atoms with Crippen LogP contribution in [-0.4, -0.2) is 175 Å². The molecule has 5 aliphatic rings. The summed E-state index contributed by atoms with van der Waals surface area (Å²) in [5.74, 6) is -3.70. The summed E-state index contributed by atoms with van der Waals surface area (Å²) >= 11 is 19.0. The third kappa shape index (κ3) is 22.6. The van der Waals surface area contributed by atoms with Gasteiger partial charge in [0.05, 0.1) is 59.6 Å². The van der Waals surface area contributed by atoms with Gasteiger partial charge in [-0.25, -0.2) is 103 Å². The number of aliphatic hydroxyl groups excluding tert-OH is 3. The van der Waals surface area contributed by atoms with Gasteiger partial charge in [-0.1, -0.05) is 73.8 Å². The highest BCUT2D eigenvalue weighted by Gasteiger charge is 2.57. The van der Waals surface area contributed by atoms with Crippen molar-refractivity contribution in [2.45, 2.75) is 140 Å². The molecule has 0 unspecified atom stereocenters. The SMILES string of the molecule is Cn1cnc2c(Cl)c(Cc3ccc(I)cc3F)c(NS(=O)(=O)C3(CCO)CC3)nc21.O=S(=O)(Nc1nc2ccnn2c(F)c1Cc1ccc(I)cc1F)C1(CCO)CC1.O=S(=O)(Nc1nc2ccnn2c(F)c1Cc1ccc(I)cc1F)C1CC1.O=S(=O)(Nc1nn2ccnc2cc1Cc1ccc(Br)cc1F)C1(CCO)CC1.O=S(=O)(Nc1nn2ccnc2cc1Cc1ccc(Br)cc1F)C1CC1. The van der Waals surface area contributed by atoms with E-state index in [1.807, 2.05) is 67.8 Å². The number of benzene rings is 5. The van der Waals surface area contributed by atoms with Gasteiger partial charge in [0.1, 0.15) is 52.1 Å². The van der Waals surface area contributed by atoms with Crippen molar-refractivity contribution in [2.24, 2.45) is 7.05 Å². The zero-order chi connectivity index (χ0) is 98.5. The minimum atomic E-state index is -3.93. The highest BCUT2D eigenvalue weighted by atomic mass is 127. The largest absolute Gasteiger partial charge is 0.396 e. The second-order valence-corrected chi connectivity index (χ2v) is 49.6. The number of hydrogen-bond acceptors (Lipinski definition) is 23. The standard InChI is InChI=1S/C19H19ClFIN4O3S.C18H18BrFN4O3S.C18H17F2IN4O3S.C16H14BrFN4O2S.C16H13F2IN4O2S/c1-26-10-23-16-15(20)13(8-11-2-3-12(22)9-14(11)21)17(24-18(16)26)25-30(28,29)19(4-5-19)6-7-27;19-14-2-1-12(15(20)11-14)9-13-10-16-21-6-7-24(16)22-17(13)23-28(26,27)18(3-4-18)5-8-25;19-14-10-12(21)2-1-11(14)9-13-16(20)25-15(3-7-22-25)23-17(13)24-29(27,28)18(4-5-18)6-8-26;17-12-2-1-10(14(18)9-12)7-11-8-15-19-5-6-22(15)20-16(11)21-25(23,24)13-3-4-13;17-13-8-10(19)2-1-9(13)7-12-15(18)23-14(5-6-20-23)21-16(12)22-26(24,25)11-3-4-11/h2-3,9-10,27H,4-8H2,1H3,(H,24,25);1-2,6-7,10-11,25H,3-5,8-9H2,(H,22,23);1-3,7,10,26H,4-6,8-9H2,(H,23,24);1-2,5-6,8-9,13H,3-4,7H2,(H,20,21);1-2,5-6,8,11H,3-4,7H2,(H,21,22). The lowest BCUT2D eigenvalue weighted by molar-refractivity contribution is 0.282. The average Bonchev–Trinajstić information content (AvgIpc) is 1.64. The van der Waals surface area contributed by atoms with E-state index in [1.54, 1.807) is 103 Å². The van der Waals surface area contributed by atoms with Gasteiger partial charge in [0.15, 0.2) is 39.9 Å². The fourth-order valence-electron chi connectivity index (χ4n) is 15.2. The predicted molar refractivity (Wildman–Crippen MR) is 535 cm³/mol. The first kappa shape index (κ1) is 102. The molecular formula is C87H81Br2ClF7I3N20O13S5. The van der Waals surface area contributed by atoms with Gasteiger partial charge in [-0.3, -0.25) is 23.6 Å². The molecular weight excluding hydrogens is 2400 g/mol. The van der Waals surface area contributed by atoms with Crippen LogP contribution in [-0.2, 0) is 89.3 Å². The summed E-state index contributed by atoms with van der Waals surface area (Å²) in [7, 11) is -16.9. The van der Waals surface area contributed by atoms with Gasteiger partial charge < -0.3 is 19.9 Å². The van der Waals surface area contributed by atoms with E-state index in [9.17, 15) is 83.8 Å². The van der Waals surface area contributed by atoms with Crippen molar-refractivity contribution in [2.75, 3.05) is 43.4 Å². The molecule has 138 heavy (non-hydrogen) atoms. The number of fused-ring (bicyclic) bond motifs is 5. The minimum absolute atomic E-state index is 0.0476. The Morgan fingerprint density at radius 2 is 0.754 bits per heavy atom. The van der Waals surface area contributed by atoms with Crippen LogP contribution in [0.5, 0.6) is 0 Å². The Balaban J connectivity index is 0.000000125. The molecule has 5 aliphatic carbocycles. The molecule has 8 N–H and O–H groups in total. The molecule has 0 spiro atoms. The Labute approximate surface area is 847 Å². The molecule has 5 saturated carbocycles. The molecule has 0 radical (unpaired) electrons. The molecule has 728 valence electrons. The third-order valence-electron chi connectivity index (χ3n) is 23.8. The summed E-state index contributed by atoms with van der Waals surface area (Å²) in [6.07, 6.45) is 16.2. The predicted octanol–water partition coefficient (Wildman–Crippen LogP) is 15.6. The van der Waals surface area contributed by atoms with E-state index in [4.69, 9.17) is 11.6 Å². The summed E-state index contributed by atoms with van der Waals surface area (Å²) in [5, 5.41) is 43.4. The van der Waals surface area contributed by atoms with Crippen molar-refractivity contribution < 1.29 is 88.1 Å². The van der Waals surface area contributed by atoms with Crippen LogP contribution in [0, 0.1) is 51.7 Å². The zero-order valence-electron chi connectivity index (χ0n) is 72.1. The molecule has 10 heterocycles. The lowest BCUT2D eigenvalue weighted by atomic mass is 10.0. The zero-order valence-corrected chi connectivity index (χ0v) is 86.6. The second-order valence-electron chi connectivity index (χ2n) is 33.5. The van der Waals surface area contributed by atoms with Gasteiger partial charge in [-0.15, -0.1) is 10.2 Å². The van der Waals surface area contributed by atoms with Gasteiger partial charge in [0.25, 0.3) is 0 Å². The molecule has 33 nitrogen and oxygen atoms in total. The maximum atomic E-state index is 15.2. The molecule has 0 bridgehead atoms. The van der Waals surface area contributed by atoms with Crippen molar-refractivity contribution in [3.8, 4) is 0 Å². The quantitative estimate of drug-likeness (QED) is 0.0114. The fraction of sp³-hybridized carbons (Fsp3) is 0.310. The normalized spacial score (nSPS) is 15.3. The molecule has 0 aliphatic heterocycles. The van der Waals surface area contributed by atoms with Crippen molar-refractivity contribution in [1.29, 1.82) is 0 Å². The Morgan fingerprint density at radius 1 is 0.413 bits per heavy atom. The summed E-state index contributed by atoms with van der Waals surface area (Å²) in [6, 6.07) is 29.7. The molecule has 15 aromatic rings. The number of nitrogens with one attached hydrogen (secondary N) is 5. The number of pyridine rings is 1. The molecule has 20 rings (SSSR count). The van der Waals surface area contributed by atoms with Crippen LogP contribution in [0.3, 0.4) is 0 Å². The first-order valence-corrected chi connectivity index (χ1v) is 55.1. The van der Waals surface area contributed by atoms with Crippen molar-refractivity contribution in [3.63, 3.8) is 0 Å². The number of sulfonamides is 5. The van der Waals surface area contributed by atoms with E-state index in [2.05, 4.69) is 106 Å². The van der Waals surface area contributed by atoms with Crippen LogP contribution in [0.4, 0.5) is 59.8 Å². The first-order valence-electron chi connectivity index (χ1n) is 42.4. The number of anilines is 5. The molecule has 0 amide bonds. The minimum Gasteiger partial charge on any atom is -0.396 e. The van der Waals surface area contributed by atoms with E-state index in [1.165, 1.54) is 76.3 Å². The maximum absolute atomic E-state index is 15.2. The summed E-state index contributed by atoms with van der Waals surface area (Å²) < 4.78 is 248. The summed E-state index contributed by atoms with van der Waals surface area (Å²) in [5.41, 5.74) is 5.19. The van der Waals surface area contributed by atoms with Crippen LogP contribution in [0.2, 0.25) is 5.02 Å². The molecule has 51 heteroatoms. The Morgan fingerprint density at radius 3 is 1.12 bits per heavy atom. The number of imidazole rings is 3. The number of nitrogens with zero attached hydrogens (tertiary/aromatic N) is 15. The van der Waals surface area contributed by atoms with E-state index < -0.39 is 105 Å². The van der Waals surface area contributed by atoms with E-state index in [0.29, 0.717) is 136 Å².